The van der Waals surface area contributed by atoms with Gasteiger partial charge in [0.1, 0.15) is 0 Å². The van der Waals surface area contributed by atoms with E-state index < -0.39 is 0 Å². The van der Waals surface area contributed by atoms with Crippen molar-refractivity contribution in [3.8, 4) is 0 Å². The largest absolute Gasteiger partial charge is 0.349 e. The first-order chi connectivity index (χ1) is 8.97. The van der Waals surface area contributed by atoms with Crippen LogP contribution >= 0.6 is 12.4 Å². The fraction of sp³-hybridized carbons (Fsp3) is 0.667. The van der Waals surface area contributed by atoms with Gasteiger partial charge in [-0.15, -0.1) is 12.4 Å². The summed E-state index contributed by atoms with van der Waals surface area (Å²) in [4.78, 5) is 14.7. The van der Waals surface area contributed by atoms with E-state index in [-0.39, 0.29) is 24.4 Å². The first-order valence-corrected chi connectivity index (χ1v) is 7.18. The summed E-state index contributed by atoms with van der Waals surface area (Å²) >= 11 is 0. The van der Waals surface area contributed by atoms with Gasteiger partial charge in [0.2, 0.25) is 0 Å². The second kappa shape index (κ2) is 6.64. The molecule has 5 heteroatoms. The fourth-order valence-electron chi connectivity index (χ4n) is 3.00. The summed E-state index contributed by atoms with van der Waals surface area (Å²) in [6.45, 7) is 13.1. The van der Waals surface area contributed by atoms with E-state index >= 15 is 0 Å². The van der Waals surface area contributed by atoms with Gasteiger partial charge in [0.25, 0.3) is 5.91 Å². The molecular formula is C15H26ClN3O. The summed E-state index contributed by atoms with van der Waals surface area (Å²) in [5.74, 6) is 0.175. The molecule has 1 aromatic heterocycles. The molecule has 0 saturated carbocycles. The van der Waals surface area contributed by atoms with E-state index in [0.717, 1.165) is 30.9 Å². The Morgan fingerprint density at radius 2 is 2.05 bits per heavy atom. The molecule has 1 aliphatic heterocycles. The summed E-state index contributed by atoms with van der Waals surface area (Å²) in [5, 5.41) is 3.41. The summed E-state index contributed by atoms with van der Waals surface area (Å²) in [5.41, 5.74) is 3.11. The number of halogens is 1. The molecule has 1 N–H and O–H groups in total. The zero-order chi connectivity index (χ0) is 14.2. The number of carbonyl (C=O) groups is 1. The van der Waals surface area contributed by atoms with Crippen molar-refractivity contribution in [2.75, 3.05) is 13.1 Å². The van der Waals surface area contributed by atoms with Crippen molar-refractivity contribution in [2.45, 2.75) is 53.2 Å². The van der Waals surface area contributed by atoms with Gasteiger partial charge < -0.3 is 14.8 Å². The number of aromatic nitrogens is 1. The van der Waals surface area contributed by atoms with Crippen LogP contribution in [0.1, 0.15) is 42.5 Å². The summed E-state index contributed by atoms with van der Waals surface area (Å²) in [6.07, 6.45) is 0. The number of rotatable bonds is 2. The number of piperazine rings is 1. The molecule has 2 unspecified atom stereocenters. The van der Waals surface area contributed by atoms with Crippen molar-refractivity contribution in [1.29, 1.82) is 0 Å². The van der Waals surface area contributed by atoms with E-state index in [0.29, 0.717) is 6.04 Å². The van der Waals surface area contributed by atoms with Crippen molar-refractivity contribution in [2.24, 2.45) is 0 Å². The van der Waals surface area contributed by atoms with Crippen LogP contribution < -0.4 is 5.32 Å². The molecule has 2 heterocycles. The molecule has 0 aliphatic carbocycles. The molecule has 0 radical (unpaired) electrons. The van der Waals surface area contributed by atoms with Crippen LogP contribution in [0.5, 0.6) is 0 Å². The van der Waals surface area contributed by atoms with Gasteiger partial charge in [0, 0.05) is 43.1 Å². The Bertz CT molecular complexity index is 484. The van der Waals surface area contributed by atoms with Gasteiger partial charge in [-0.3, -0.25) is 4.79 Å². The minimum atomic E-state index is 0. The van der Waals surface area contributed by atoms with Crippen LogP contribution in [0.3, 0.4) is 0 Å². The maximum atomic E-state index is 12.7. The van der Waals surface area contributed by atoms with Crippen molar-refractivity contribution in [1.82, 2.24) is 14.8 Å². The standard InChI is InChI=1S/C15H25N3O.ClH/c1-6-17-10(2)9-14(13(17)5)15(19)18-8-7-16-11(3)12(18)4;/h9,11-12,16H,6-8H2,1-5H3;1H. The number of carbonyl (C=O) groups excluding carboxylic acids is 1. The predicted octanol–water partition coefficient (Wildman–Crippen LogP) is 2.37. The molecule has 2 rings (SSSR count). The van der Waals surface area contributed by atoms with Gasteiger partial charge in [0.15, 0.2) is 0 Å². The molecule has 1 aliphatic rings. The Labute approximate surface area is 127 Å². The number of nitrogens with zero attached hydrogens (tertiary/aromatic N) is 2. The number of hydrogen-bond acceptors (Lipinski definition) is 2. The third-order valence-corrected chi connectivity index (χ3v) is 4.42. The highest BCUT2D eigenvalue weighted by Crippen LogP contribution is 2.20. The van der Waals surface area contributed by atoms with Gasteiger partial charge in [-0.05, 0) is 40.7 Å². The molecule has 1 fully saturated rings. The van der Waals surface area contributed by atoms with Gasteiger partial charge in [-0.25, -0.2) is 0 Å². The molecule has 4 nitrogen and oxygen atoms in total. The Kier molecular flexibility index (Phi) is 5.66. The number of nitrogens with one attached hydrogen (secondary N) is 1. The first-order valence-electron chi connectivity index (χ1n) is 7.18. The smallest absolute Gasteiger partial charge is 0.256 e. The number of aryl methyl sites for hydroxylation is 1. The van der Waals surface area contributed by atoms with Gasteiger partial charge in [-0.1, -0.05) is 0 Å². The maximum absolute atomic E-state index is 12.7. The van der Waals surface area contributed by atoms with E-state index in [9.17, 15) is 4.79 Å². The van der Waals surface area contributed by atoms with Crippen molar-refractivity contribution < 1.29 is 4.79 Å². The normalized spacial score (nSPS) is 22.6. The third kappa shape index (κ3) is 2.86. The first kappa shape index (κ1) is 17.1. The van der Waals surface area contributed by atoms with E-state index in [2.05, 4.69) is 37.6 Å². The van der Waals surface area contributed by atoms with E-state index in [4.69, 9.17) is 0 Å². The lowest BCUT2D eigenvalue weighted by Gasteiger charge is -2.38. The highest BCUT2D eigenvalue weighted by molar-refractivity contribution is 5.96. The molecule has 1 saturated heterocycles. The van der Waals surface area contributed by atoms with Crippen LogP contribution in [0.2, 0.25) is 0 Å². The van der Waals surface area contributed by atoms with Crippen LogP contribution in [0.25, 0.3) is 0 Å². The van der Waals surface area contributed by atoms with Crippen LogP contribution in [-0.2, 0) is 6.54 Å². The maximum Gasteiger partial charge on any atom is 0.256 e. The SMILES string of the molecule is CCn1c(C)cc(C(=O)N2CCNC(C)C2C)c1C.Cl. The number of hydrogen-bond donors (Lipinski definition) is 1. The highest BCUT2D eigenvalue weighted by atomic mass is 35.5. The third-order valence-electron chi connectivity index (χ3n) is 4.42. The van der Waals surface area contributed by atoms with Crippen molar-refractivity contribution in [3.63, 3.8) is 0 Å². The molecule has 1 amide bonds. The molecule has 0 bridgehead atoms. The monoisotopic (exact) mass is 299 g/mol. The fourth-order valence-corrected chi connectivity index (χ4v) is 3.00. The second-order valence-electron chi connectivity index (χ2n) is 5.51. The highest BCUT2D eigenvalue weighted by Gasteiger charge is 2.30. The molecule has 0 aromatic carbocycles. The predicted molar refractivity (Wildman–Crippen MR) is 84.8 cm³/mol. The minimum absolute atomic E-state index is 0. The van der Waals surface area contributed by atoms with Crippen LogP contribution in [0, 0.1) is 13.8 Å². The molecule has 20 heavy (non-hydrogen) atoms. The number of amides is 1. The van der Waals surface area contributed by atoms with E-state index in [1.807, 2.05) is 17.9 Å². The quantitative estimate of drug-likeness (QED) is 0.910. The van der Waals surface area contributed by atoms with Gasteiger partial charge >= 0.3 is 0 Å². The summed E-state index contributed by atoms with van der Waals surface area (Å²) in [6, 6.07) is 2.62. The van der Waals surface area contributed by atoms with E-state index in [1.54, 1.807) is 0 Å². The van der Waals surface area contributed by atoms with Gasteiger partial charge in [-0.2, -0.15) is 0 Å². The Morgan fingerprint density at radius 3 is 2.60 bits per heavy atom. The Hall–Kier alpha value is -1.00. The zero-order valence-electron chi connectivity index (χ0n) is 13.1. The molecule has 114 valence electrons. The van der Waals surface area contributed by atoms with Crippen molar-refractivity contribution >= 4 is 18.3 Å². The summed E-state index contributed by atoms with van der Waals surface area (Å²) < 4.78 is 2.20. The Balaban J connectivity index is 0.00000200. The Morgan fingerprint density at radius 1 is 1.40 bits per heavy atom. The zero-order valence-corrected chi connectivity index (χ0v) is 13.9. The van der Waals surface area contributed by atoms with Crippen molar-refractivity contribution in [3.05, 3.63) is 23.0 Å². The lowest BCUT2D eigenvalue weighted by Crippen LogP contribution is -2.57. The van der Waals surface area contributed by atoms with E-state index in [1.165, 1.54) is 5.69 Å². The van der Waals surface area contributed by atoms with Crippen LogP contribution in [0.15, 0.2) is 6.07 Å². The minimum Gasteiger partial charge on any atom is -0.349 e. The molecule has 0 spiro atoms. The lowest BCUT2D eigenvalue weighted by atomic mass is 10.1. The van der Waals surface area contributed by atoms with Gasteiger partial charge in [0.05, 0.1) is 5.56 Å². The average Bonchev–Trinajstić information content (AvgIpc) is 2.67. The molecule has 2 atom stereocenters. The molecule has 1 aromatic rings. The van der Waals surface area contributed by atoms with Crippen LogP contribution in [-0.4, -0.2) is 40.5 Å². The lowest BCUT2D eigenvalue weighted by molar-refractivity contribution is 0.0602. The van der Waals surface area contributed by atoms with Crippen LogP contribution in [0.4, 0.5) is 0 Å². The summed E-state index contributed by atoms with van der Waals surface area (Å²) in [7, 11) is 0. The topological polar surface area (TPSA) is 37.3 Å². The second-order valence-corrected chi connectivity index (χ2v) is 5.51. The molecular weight excluding hydrogens is 274 g/mol. The average molecular weight is 300 g/mol.